The Morgan fingerprint density at radius 3 is 0.826 bits per heavy atom. The largest absolute Gasteiger partial charge is 0.456 e. The minimum absolute atomic E-state index is 2.52. The minimum Gasteiger partial charge on any atom is -0.350 e. The van der Waals surface area contributed by atoms with Gasteiger partial charge in [-0.05, 0) is 0 Å². The number of halogens is 14. The molecule has 0 N–H and O–H groups in total. The number of ether oxygens (including phenoxy) is 1. The van der Waals surface area contributed by atoms with E-state index < -0.39 is 49.3 Å². The second-order valence-electron chi connectivity index (χ2n) is 3.89. The van der Waals surface area contributed by atoms with Gasteiger partial charge in [0.05, 0.1) is 0 Å². The fourth-order valence-electron chi connectivity index (χ4n) is 1.09. The van der Waals surface area contributed by atoms with E-state index >= 15 is 0 Å². The lowest BCUT2D eigenvalue weighted by atomic mass is 10.1. The van der Waals surface area contributed by atoms with Crippen molar-refractivity contribution in [3.63, 3.8) is 0 Å². The van der Waals surface area contributed by atoms with Crippen molar-refractivity contribution in [2.45, 2.75) is 49.3 Å². The summed E-state index contributed by atoms with van der Waals surface area (Å²) in [5, 5.41) is 0. The highest BCUT2D eigenvalue weighted by Crippen LogP contribution is 2.46. The summed E-state index contributed by atoms with van der Waals surface area (Å²) in [4.78, 5) is 0. The summed E-state index contributed by atoms with van der Waals surface area (Å²) >= 11 is 0. The summed E-state index contributed by atoms with van der Waals surface area (Å²) in [5.74, 6) is -13.3. The molecule has 0 aromatic carbocycles. The second kappa shape index (κ2) is 6.47. The lowest BCUT2D eigenvalue weighted by Crippen LogP contribution is -2.59. The standard InChI is InChI=1S/C8H4F14O/c9-3(10)1(5(13,14)7(17,18)19)23-2(4(11)12)6(15,16)8(20,21)22/h1-4H/t1-,2-/m0/s1. The molecule has 140 valence electrons. The molecular formula is C8H4F14O. The van der Waals surface area contributed by atoms with Crippen molar-refractivity contribution >= 4 is 0 Å². The highest BCUT2D eigenvalue weighted by molar-refractivity contribution is 4.93. The molecule has 0 fully saturated rings. The van der Waals surface area contributed by atoms with Crippen LogP contribution in [0.3, 0.4) is 0 Å². The van der Waals surface area contributed by atoms with Gasteiger partial charge in [-0.1, -0.05) is 0 Å². The van der Waals surface area contributed by atoms with E-state index in [4.69, 9.17) is 0 Å². The molecule has 0 aromatic heterocycles. The molecule has 1 nitrogen and oxygen atoms in total. The normalized spacial score (nSPS) is 17.7. The molecule has 0 saturated carbocycles. The number of rotatable bonds is 6. The molecule has 0 aliphatic rings. The van der Waals surface area contributed by atoms with Gasteiger partial charge in [0.1, 0.15) is 0 Å². The van der Waals surface area contributed by atoms with Gasteiger partial charge in [-0.2, -0.15) is 43.9 Å². The van der Waals surface area contributed by atoms with Crippen molar-refractivity contribution in [3.8, 4) is 0 Å². The van der Waals surface area contributed by atoms with Gasteiger partial charge in [-0.3, -0.25) is 0 Å². The van der Waals surface area contributed by atoms with Gasteiger partial charge in [-0.25, -0.2) is 17.6 Å². The fourth-order valence-corrected chi connectivity index (χ4v) is 1.09. The van der Waals surface area contributed by atoms with E-state index in [1.807, 2.05) is 0 Å². The maximum atomic E-state index is 12.7. The lowest BCUT2D eigenvalue weighted by Gasteiger charge is -2.34. The van der Waals surface area contributed by atoms with Gasteiger partial charge in [0.2, 0.25) is 0 Å². The van der Waals surface area contributed by atoms with Crippen LogP contribution >= 0.6 is 0 Å². The monoisotopic (exact) mass is 382 g/mol. The molecule has 0 aliphatic heterocycles. The van der Waals surface area contributed by atoms with Crippen LogP contribution in [0.4, 0.5) is 61.5 Å². The van der Waals surface area contributed by atoms with Crippen molar-refractivity contribution in [2.75, 3.05) is 0 Å². The van der Waals surface area contributed by atoms with Gasteiger partial charge in [-0.15, -0.1) is 0 Å². The van der Waals surface area contributed by atoms with Crippen molar-refractivity contribution < 1.29 is 66.2 Å². The van der Waals surface area contributed by atoms with Crippen LogP contribution < -0.4 is 0 Å². The summed E-state index contributed by atoms with van der Waals surface area (Å²) < 4.78 is 173. The summed E-state index contributed by atoms with van der Waals surface area (Å²) in [7, 11) is 0. The zero-order valence-electron chi connectivity index (χ0n) is 10.0. The molecule has 0 bridgehead atoms. The zero-order chi connectivity index (χ0) is 19.0. The first kappa shape index (κ1) is 22.0. The van der Waals surface area contributed by atoms with Gasteiger partial charge >= 0.3 is 24.2 Å². The van der Waals surface area contributed by atoms with Gasteiger partial charge in [0.25, 0.3) is 12.9 Å². The first-order chi connectivity index (χ1) is 9.87. The molecule has 0 radical (unpaired) electrons. The quantitative estimate of drug-likeness (QED) is 0.607. The van der Waals surface area contributed by atoms with Crippen LogP contribution in [0.1, 0.15) is 0 Å². The van der Waals surface area contributed by atoms with E-state index in [-0.39, 0.29) is 0 Å². The Morgan fingerprint density at radius 1 is 0.478 bits per heavy atom. The average molecular weight is 382 g/mol. The van der Waals surface area contributed by atoms with E-state index in [2.05, 4.69) is 4.74 Å². The Hall–Kier alpha value is -1.02. The highest BCUT2D eigenvalue weighted by Gasteiger charge is 2.71. The molecule has 15 heteroatoms. The Kier molecular flexibility index (Phi) is 6.18. The van der Waals surface area contributed by atoms with E-state index in [9.17, 15) is 61.5 Å². The molecule has 0 rings (SSSR count). The maximum absolute atomic E-state index is 12.7. The smallest absolute Gasteiger partial charge is 0.350 e. The predicted molar refractivity (Wildman–Crippen MR) is 42.7 cm³/mol. The zero-order valence-corrected chi connectivity index (χ0v) is 10.0. The molecule has 0 amide bonds. The fraction of sp³-hybridized carbons (Fsp3) is 1.00. The predicted octanol–water partition coefficient (Wildman–Crippen LogP) is 4.67. The summed E-state index contributed by atoms with van der Waals surface area (Å²) in [6, 6.07) is 0. The maximum Gasteiger partial charge on any atom is 0.456 e. The third-order valence-corrected chi connectivity index (χ3v) is 2.22. The van der Waals surface area contributed by atoms with E-state index in [0.717, 1.165) is 0 Å². The SMILES string of the molecule is FC(F)[C@H](O[C@@H](C(F)F)C(F)(F)C(F)(F)F)C(F)(F)C(F)(F)F. The number of hydrogen-bond donors (Lipinski definition) is 0. The van der Waals surface area contributed by atoms with Crippen LogP contribution in [0.5, 0.6) is 0 Å². The van der Waals surface area contributed by atoms with Crippen molar-refractivity contribution in [1.82, 2.24) is 0 Å². The molecule has 0 saturated heterocycles. The molecular weight excluding hydrogens is 378 g/mol. The van der Waals surface area contributed by atoms with Gasteiger partial charge < -0.3 is 4.74 Å². The summed E-state index contributed by atoms with van der Waals surface area (Å²) in [6.45, 7) is 0. The van der Waals surface area contributed by atoms with Crippen molar-refractivity contribution in [1.29, 1.82) is 0 Å². The van der Waals surface area contributed by atoms with Gasteiger partial charge in [0.15, 0.2) is 12.2 Å². The van der Waals surface area contributed by atoms with Crippen LogP contribution in [-0.4, -0.2) is 49.3 Å². The van der Waals surface area contributed by atoms with Crippen LogP contribution in [0.2, 0.25) is 0 Å². The topological polar surface area (TPSA) is 9.23 Å². The average Bonchev–Trinajstić information content (AvgIpc) is 2.24. The highest BCUT2D eigenvalue weighted by atomic mass is 19.4. The first-order valence-electron chi connectivity index (χ1n) is 4.98. The van der Waals surface area contributed by atoms with Crippen molar-refractivity contribution in [2.24, 2.45) is 0 Å². The lowest BCUT2D eigenvalue weighted by molar-refractivity contribution is -0.378. The number of alkyl halides is 14. The number of hydrogen-bond acceptors (Lipinski definition) is 1. The molecule has 0 aromatic rings. The molecule has 0 unspecified atom stereocenters. The molecule has 0 heterocycles. The molecule has 0 spiro atoms. The molecule has 23 heavy (non-hydrogen) atoms. The van der Waals surface area contributed by atoms with Crippen LogP contribution in [0.25, 0.3) is 0 Å². The Bertz CT molecular complexity index is 345. The molecule has 2 atom stereocenters. The third-order valence-electron chi connectivity index (χ3n) is 2.22. The van der Waals surface area contributed by atoms with E-state index in [1.54, 1.807) is 0 Å². The van der Waals surface area contributed by atoms with Crippen molar-refractivity contribution in [3.05, 3.63) is 0 Å². The van der Waals surface area contributed by atoms with E-state index in [0.29, 0.717) is 0 Å². The van der Waals surface area contributed by atoms with Crippen LogP contribution in [-0.2, 0) is 4.74 Å². The Morgan fingerprint density at radius 2 is 0.696 bits per heavy atom. The third kappa shape index (κ3) is 4.50. The second-order valence-corrected chi connectivity index (χ2v) is 3.89. The summed E-state index contributed by atoms with van der Waals surface area (Å²) in [6.07, 6.45) is -33.8. The Labute approximate surface area is 117 Å². The Balaban J connectivity index is 5.80. The minimum atomic E-state index is -6.88. The van der Waals surface area contributed by atoms with Crippen LogP contribution in [0.15, 0.2) is 0 Å². The first-order valence-corrected chi connectivity index (χ1v) is 4.98. The molecule has 0 aliphatic carbocycles. The van der Waals surface area contributed by atoms with E-state index in [1.165, 1.54) is 0 Å². The summed E-state index contributed by atoms with van der Waals surface area (Å²) in [5.41, 5.74) is 0. The van der Waals surface area contributed by atoms with Crippen LogP contribution in [0, 0.1) is 0 Å². The van der Waals surface area contributed by atoms with Gasteiger partial charge in [0, 0.05) is 0 Å².